The van der Waals surface area contributed by atoms with E-state index in [4.69, 9.17) is 5.11 Å². The van der Waals surface area contributed by atoms with Crippen LogP contribution in [0.5, 0.6) is 0 Å². The minimum atomic E-state index is -3.10. The molecule has 1 N–H and O–H groups in total. The molecule has 0 aliphatic heterocycles. The van der Waals surface area contributed by atoms with Gasteiger partial charge in [-0.2, -0.15) is 0 Å². The lowest BCUT2D eigenvalue weighted by molar-refractivity contribution is 0.271. The Balaban J connectivity index is 2.73. The van der Waals surface area contributed by atoms with E-state index in [1.54, 1.807) is 43.7 Å². The SMILES string of the molecule is CC(C)(C)S(=O)(=O)CCn1cccc1CO. The molecule has 1 heterocycles. The summed E-state index contributed by atoms with van der Waals surface area (Å²) in [5.41, 5.74) is 0.740. The van der Waals surface area contributed by atoms with Crippen LogP contribution in [0.25, 0.3) is 0 Å². The molecule has 1 aromatic heterocycles. The summed E-state index contributed by atoms with van der Waals surface area (Å²) in [6, 6.07) is 3.58. The Morgan fingerprint density at radius 1 is 1.38 bits per heavy atom. The van der Waals surface area contributed by atoms with Crippen LogP contribution in [0.4, 0.5) is 0 Å². The first-order valence-corrected chi connectivity index (χ1v) is 6.90. The fourth-order valence-electron chi connectivity index (χ4n) is 1.34. The number of sulfone groups is 1. The second kappa shape index (κ2) is 4.59. The van der Waals surface area contributed by atoms with Crippen LogP contribution < -0.4 is 0 Å². The van der Waals surface area contributed by atoms with E-state index in [-0.39, 0.29) is 12.4 Å². The summed E-state index contributed by atoms with van der Waals surface area (Å²) in [7, 11) is -3.10. The van der Waals surface area contributed by atoms with E-state index in [1.807, 2.05) is 0 Å². The maximum Gasteiger partial charge on any atom is 0.156 e. The van der Waals surface area contributed by atoms with E-state index < -0.39 is 14.6 Å². The third-order valence-electron chi connectivity index (χ3n) is 2.62. The van der Waals surface area contributed by atoms with Crippen molar-refractivity contribution in [3.63, 3.8) is 0 Å². The summed E-state index contributed by atoms with van der Waals surface area (Å²) in [6.07, 6.45) is 1.78. The number of aliphatic hydroxyl groups is 1. The van der Waals surface area contributed by atoms with E-state index in [0.717, 1.165) is 5.69 Å². The summed E-state index contributed by atoms with van der Waals surface area (Å²) in [5.74, 6) is 0.0954. The first-order valence-electron chi connectivity index (χ1n) is 5.25. The molecular weight excluding hydrogens is 226 g/mol. The largest absolute Gasteiger partial charge is 0.390 e. The number of aromatic nitrogens is 1. The highest BCUT2D eigenvalue weighted by atomic mass is 32.2. The van der Waals surface area contributed by atoms with Crippen molar-refractivity contribution in [1.29, 1.82) is 0 Å². The van der Waals surface area contributed by atoms with Crippen LogP contribution in [0.2, 0.25) is 0 Å². The van der Waals surface area contributed by atoms with Crippen molar-refractivity contribution in [2.75, 3.05) is 5.75 Å². The van der Waals surface area contributed by atoms with Crippen LogP contribution in [0.1, 0.15) is 26.5 Å². The van der Waals surface area contributed by atoms with Gasteiger partial charge in [0.1, 0.15) is 0 Å². The quantitative estimate of drug-likeness (QED) is 0.867. The molecule has 0 radical (unpaired) electrons. The standard InChI is InChI=1S/C11H19NO3S/c1-11(2,3)16(14,15)8-7-12-6-4-5-10(12)9-13/h4-6,13H,7-9H2,1-3H3. The van der Waals surface area contributed by atoms with Gasteiger partial charge >= 0.3 is 0 Å². The van der Waals surface area contributed by atoms with Crippen LogP contribution in [0, 0.1) is 0 Å². The minimum Gasteiger partial charge on any atom is -0.390 e. The maximum atomic E-state index is 11.9. The van der Waals surface area contributed by atoms with Gasteiger partial charge in [0.15, 0.2) is 9.84 Å². The lowest BCUT2D eigenvalue weighted by Gasteiger charge is -2.19. The summed E-state index contributed by atoms with van der Waals surface area (Å²) < 4.78 is 24.8. The van der Waals surface area contributed by atoms with Crippen molar-refractivity contribution in [3.8, 4) is 0 Å². The van der Waals surface area contributed by atoms with E-state index in [2.05, 4.69) is 0 Å². The molecule has 1 aromatic rings. The molecular formula is C11H19NO3S. The Morgan fingerprint density at radius 3 is 2.50 bits per heavy atom. The van der Waals surface area contributed by atoms with Gasteiger partial charge in [0.2, 0.25) is 0 Å². The maximum absolute atomic E-state index is 11.9. The molecule has 0 bridgehead atoms. The fraction of sp³-hybridized carbons (Fsp3) is 0.636. The molecule has 0 fully saturated rings. The zero-order chi connectivity index (χ0) is 12.4. The average molecular weight is 245 g/mol. The molecule has 1 rings (SSSR count). The molecule has 0 spiro atoms. The van der Waals surface area contributed by atoms with Gasteiger partial charge in [0.05, 0.1) is 17.1 Å². The molecule has 0 amide bonds. The molecule has 0 aliphatic rings. The molecule has 0 saturated heterocycles. The van der Waals surface area contributed by atoms with Crippen molar-refractivity contribution in [2.24, 2.45) is 0 Å². The van der Waals surface area contributed by atoms with Crippen molar-refractivity contribution in [1.82, 2.24) is 4.57 Å². The zero-order valence-corrected chi connectivity index (χ0v) is 10.8. The second-order valence-corrected chi connectivity index (χ2v) is 7.64. The second-order valence-electron chi connectivity index (χ2n) is 4.78. The van der Waals surface area contributed by atoms with Gasteiger partial charge in [-0.15, -0.1) is 0 Å². The summed E-state index contributed by atoms with van der Waals surface area (Å²) >= 11 is 0. The number of hydrogen-bond acceptors (Lipinski definition) is 3. The van der Waals surface area contributed by atoms with Crippen molar-refractivity contribution in [2.45, 2.75) is 38.7 Å². The summed E-state index contributed by atoms with van der Waals surface area (Å²) in [4.78, 5) is 0. The first kappa shape index (κ1) is 13.3. The topological polar surface area (TPSA) is 59.3 Å². The molecule has 16 heavy (non-hydrogen) atoms. The Morgan fingerprint density at radius 2 is 2.00 bits per heavy atom. The molecule has 5 heteroatoms. The van der Waals surface area contributed by atoms with Gasteiger partial charge in [-0.3, -0.25) is 0 Å². The van der Waals surface area contributed by atoms with Crippen LogP contribution in [-0.4, -0.2) is 28.6 Å². The Kier molecular flexibility index (Phi) is 3.80. The highest BCUT2D eigenvalue weighted by molar-refractivity contribution is 7.92. The number of aryl methyl sites for hydroxylation is 1. The predicted octanol–water partition coefficient (Wildman–Crippen LogP) is 1.19. The number of aliphatic hydroxyl groups excluding tert-OH is 1. The van der Waals surface area contributed by atoms with Gasteiger partial charge < -0.3 is 9.67 Å². The van der Waals surface area contributed by atoms with Gasteiger partial charge in [-0.1, -0.05) is 0 Å². The number of rotatable bonds is 4. The molecule has 0 atom stereocenters. The van der Waals surface area contributed by atoms with E-state index in [1.165, 1.54) is 0 Å². The third-order valence-corrected chi connectivity index (χ3v) is 5.21. The molecule has 0 saturated carbocycles. The Bertz CT molecular complexity index is 440. The third kappa shape index (κ3) is 2.86. The summed E-state index contributed by atoms with van der Waals surface area (Å²) in [6.45, 7) is 5.42. The molecule has 4 nitrogen and oxygen atoms in total. The van der Waals surface area contributed by atoms with Gasteiger partial charge in [-0.25, -0.2) is 8.42 Å². The van der Waals surface area contributed by atoms with Gasteiger partial charge in [0.25, 0.3) is 0 Å². The minimum absolute atomic E-state index is 0.0669. The van der Waals surface area contributed by atoms with Crippen LogP contribution in [-0.2, 0) is 23.0 Å². The monoisotopic (exact) mass is 245 g/mol. The van der Waals surface area contributed by atoms with Crippen molar-refractivity contribution in [3.05, 3.63) is 24.0 Å². The highest BCUT2D eigenvalue weighted by Gasteiger charge is 2.28. The summed E-state index contributed by atoms with van der Waals surface area (Å²) in [5, 5.41) is 9.03. The first-order chi connectivity index (χ1) is 7.28. The number of hydrogen-bond donors (Lipinski definition) is 1. The van der Waals surface area contributed by atoms with Crippen LogP contribution >= 0.6 is 0 Å². The van der Waals surface area contributed by atoms with E-state index in [0.29, 0.717) is 6.54 Å². The molecule has 0 aliphatic carbocycles. The number of nitrogens with zero attached hydrogens (tertiary/aromatic N) is 1. The lowest BCUT2D eigenvalue weighted by Crippen LogP contribution is -2.32. The Labute approximate surface area is 96.8 Å². The van der Waals surface area contributed by atoms with Crippen molar-refractivity contribution >= 4 is 9.84 Å². The lowest BCUT2D eigenvalue weighted by atomic mass is 10.3. The van der Waals surface area contributed by atoms with Crippen LogP contribution in [0.3, 0.4) is 0 Å². The van der Waals surface area contributed by atoms with E-state index >= 15 is 0 Å². The molecule has 0 aromatic carbocycles. The molecule has 0 unspecified atom stereocenters. The highest BCUT2D eigenvalue weighted by Crippen LogP contribution is 2.16. The average Bonchev–Trinajstić information content (AvgIpc) is 2.60. The van der Waals surface area contributed by atoms with Crippen molar-refractivity contribution < 1.29 is 13.5 Å². The van der Waals surface area contributed by atoms with Gasteiger partial charge in [0, 0.05) is 18.4 Å². The molecule has 92 valence electrons. The van der Waals surface area contributed by atoms with Crippen LogP contribution in [0.15, 0.2) is 18.3 Å². The smallest absolute Gasteiger partial charge is 0.156 e. The Hall–Kier alpha value is -0.810. The zero-order valence-electron chi connectivity index (χ0n) is 9.97. The fourth-order valence-corrected chi connectivity index (χ4v) is 2.39. The normalized spacial score (nSPS) is 13.0. The predicted molar refractivity (Wildman–Crippen MR) is 63.9 cm³/mol. The van der Waals surface area contributed by atoms with E-state index in [9.17, 15) is 8.42 Å². The van der Waals surface area contributed by atoms with Gasteiger partial charge in [-0.05, 0) is 32.9 Å².